The third kappa shape index (κ3) is 2.54. The van der Waals surface area contributed by atoms with Crippen LogP contribution in [0.25, 0.3) is 0 Å². The van der Waals surface area contributed by atoms with Gasteiger partial charge in [0.15, 0.2) is 0 Å². The second-order valence-electron chi connectivity index (χ2n) is 3.45. The van der Waals surface area contributed by atoms with Crippen LogP contribution in [0.4, 0.5) is 11.4 Å². The van der Waals surface area contributed by atoms with E-state index in [4.69, 9.17) is 5.73 Å². The summed E-state index contributed by atoms with van der Waals surface area (Å²) in [5.41, 5.74) is 7.40. The van der Waals surface area contributed by atoms with Crippen molar-refractivity contribution in [1.29, 1.82) is 0 Å². The van der Waals surface area contributed by atoms with Crippen LogP contribution in [0.5, 0.6) is 0 Å². The van der Waals surface area contributed by atoms with E-state index in [1.54, 1.807) is 23.7 Å². The Kier molecular flexibility index (Phi) is 3.46. The van der Waals surface area contributed by atoms with Crippen LogP contribution in [0, 0.1) is 6.92 Å². The molecule has 0 saturated heterocycles. The van der Waals surface area contributed by atoms with Crippen molar-refractivity contribution in [3.05, 3.63) is 38.8 Å². The van der Waals surface area contributed by atoms with Gasteiger partial charge < -0.3 is 11.1 Å². The molecule has 0 fully saturated rings. The molecule has 16 heavy (non-hydrogen) atoms. The molecule has 0 atom stereocenters. The molecule has 3 nitrogen and oxygen atoms in total. The molecule has 2 heterocycles. The largest absolute Gasteiger partial charge is 0.396 e. The first kappa shape index (κ1) is 11.4. The number of halogens is 1. The Hall–Kier alpha value is -1.07. The predicted molar refractivity (Wildman–Crippen MR) is 72.7 cm³/mol. The summed E-state index contributed by atoms with van der Waals surface area (Å²) >= 11 is 5.21. The van der Waals surface area contributed by atoms with Gasteiger partial charge in [-0.05, 0) is 35.0 Å². The molecule has 0 aliphatic heterocycles. The molecule has 0 aromatic carbocycles. The van der Waals surface area contributed by atoms with Crippen molar-refractivity contribution in [2.45, 2.75) is 13.5 Å². The monoisotopic (exact) mass is 297 g/mol. The maximum absolute atomic E-state index is 5.84. The highest BCUT2D eigenvalue weighted by Crippen LogP contribution is 2.28. The average molecular weight is 298 g/mol. The fraction of sp³-hybridized carbons (Fsp3) is 0.182. The molecular weight excluding hydrogens is 286 g/mol. The van der Waals surface area contributed by atoms with Gasteiger partial charge in [-0.2, -0.15) is 0 Å². The number of aryl methyl sites for hydroxylation is 1. The van der Waals surface area contributed by atoms with Crippen molar-refractivity contribution < 1.29 is 0 Å². The van der Waals surface area contributed by atoms with E-state index in [1.165, 1.54) is 9.75 Å². The first-order valence-corrected chi connectivity index (χ1v) is 6.46. The average Bonchev–Trinajstić information content (AvgIpc) is 2.63. The highest BCUT2D eigenvalue weighted by molar-refractivity contribution is 9.10. The molecule has 0 aliphatic rings. The Labute approximate surface area is 107 Å². The Morgan fingerprint density at radius 1 is 1.44 bits per heavy atom. The molecular formula is C11H12BrN3S. The number of nitrogens with one attached hydrogen (secondary N) is 1. The summed E-state index contributed by atoms with van der Waals surface area (Å²) in [6.45, 7) is 2.89. The lowest BCUT2D eigenvalue weighted by atomic mass is 10.3. The number of hydrogen-bond acceptors (Lipinski definition) is 4. The molecule has 0 bridgehead atoms. The molecule has 2 rings (SSSR count). The first-order chi connectivity index (χ1) is 7.66. The van der Waals surface area contributed by atoms with E-state index in [0.717, 1.165) is 16.7 Å². The third-order valence-corrected chi connectivity index (χ3v) is 3.77. The van der Waals surface area contributed by atoms with Crippen LogP contribution in [0.15, 0.2) is 29.0 Å². The normalized spacial score (nSPS) is 10.4. The van der Waals surface area contributed by atoms with Gasteiger partial charge in [-0.25, -0.2) is 0 Å². The molecule has 0 amide bonds. The molecule has 3 N–H and O–H groups in total. The fourth-order valence-corrected chi connectivity index (χ4v) is 2.71. The minimum absolute atomic E-state index is 0.655. The topological polar surface area (TPSA) is 50.9 Å². The Morgan fingerprint density at radius 3 is 2.88 bits per heavy atom. The highest BCUT2D eigenvalue weighted by atomic mass is 79.9. The SMILES string of the molecule is Cc1ccc(CNc2c(N)cncc2Br)s1. The van der Waals surface area contributed by atoms with E-state index in [2.05, 4.69) is 45.3 Å². The molecule has 84 valence electrons. The lowest BCUT2D eigenvalue weighted by molar-refractivity contribution is 1.18. The zero-order chi connectivity index (χ0) is 11.5. The van der Waals surface area contributed by atoms with Gasteiger partial charge in [0.1, 0.15) is 0 Å². The number of aromatic nitrogens is 1. The van der Waals surface area contributed by atoms with E-state index in [9.17, 15) is 0 Å². The van der Waals surface area contributed by atoms with Crippen LogP contribution in [-0.4, -0.2) is 4.98 Å². The Balaban J connectivity index is 2.10. The minimum Gasteiger partial charge on any atom is -0.396 e. The lowest BCUT2D eigenvalue weighted by Crippen LogP contribution is -2.02. The van der Waals surface area contributed by atoms with Crippen LogP contribution in [-0.2, 0) is 6.54 Å². The summed E-state index contributed by atoms with van der Waals surface area (Å²) in [6, 6.07) is 4.24. The van der Waals surface area contributed by atoms with Gasteiger partial charge >= 0.3 is 0 Å². The van der Waals surface area contributed by atoms with Gasteiger partial charge in [-0.3, -0.25) is 4.98 Å². The maximum Gasteiger partial charge on any atom is 0.0752 e. The number of nitrogen functional groups attached to an aromatic ring is 1. The zero-order valence-electron chi connectivity index (χ0n) is 8.83. The van der Waals surface area contributed by atoms with Gasteiger partial charge in [0.2, 0.25) is 0 Å². The highest BCUT2D eigenvalue weighted by Gasteiger charge is 2.04. The van der Waals surface area contributed by atoms with Gasteiger partial charge in [0, 0.05) is 22.5 Å². The number of nitrogens with zero attached hydrogens (tertiary/aromatic N) is 1. The van der Waals surface area contributed by atoms with Crippen LogP contribution in [0.3, 0.4) is 0 Å². The molecule has 0 spiro atoms. The van der Waals surface area contributed by atoms with Crippen LogP contribution in [0.1, 0.15) is 9.75 Å². The molecule has 0 unspecified atom stereocenters. The van der Waals surface area contributed by atoms with E-state index in [-0.39, 0.29) is 0 Å². The molecule has 5 heteroatoms. The van der Waals surface area contributed by atoms with Crippen molar-refractivity contribution >= 4 is 38.6 Å². The predicted octanol–water partition coefficient (Wildman–Crippen LogP) is 3.41. The smallest absolute Gasteiger partial charge is 0.0752 e. The van der Waals surface area contributed by atoms with E-state index in [1.807, 2.05) is 0 Å². The van der Waals surface area contributed by atoms with Crippen molar-refractivity contribution in [2.24, 2.45) is 0 Å². The van der Waals surface area contributed by atoms with Crippen molar-refractivity contribution in [1.82, 2.24) is 4.98 Å². The molecule has 0 aliphatic carbocycles. The van der Waals surface area contributed by atoms with Crippen molar-refractivity contribution in [3.8, 4) is 0 Å². The molecule has 0 saturated carbocycles. The maximum atomic E-state index is 5.84. The van der Waals surface area contributed by atoms with Gasteiger partial charge in [-0.1, -0.05) is 0 Å². The number of nitrogens with two attached hydrogens (primary N) is 1. The summed E-state index contributed by atoms with van der Waals surface area (Å²) in [7, 11) is 0. The zero-order valence-corrected chi connectivity index (χ0v) is 11.2. The van der Waals surface area contributed by atoms with Crippen molar-refractivity contribution in [2.75, 3.05) is 11.1 Å². The van der Waals surface area contributed by atoms with Gasteiger partial charge in [0.25, 0.3) is 0 Å². The van der Waals surface area contributed by atoms with Gasteiger partial charge in [0.05, 0.1) is 22.0 Å². The summed E-state index contributed by atoms with van der Waals surface area (Å²) < 4.78 is 0.890. The summed E-state index contributed by atoms with van der Waals surface area (Å²) in [4.78, 5) is 6.60. The van der Waals surface area contributed by atoms with E-state index < -0.39 is 0 Å². The van der Waals surface area contributed by atoms with Gasteiger partial charge in [-0.15, -0.1) is 11.3 Å². The lowest BCUT2D eigenvalue weighted by Gasteiger charge is -2.09. The summed E-state index contributed by atoms with van der Waals surface area (Å²) in [5, 5.41) is 3.31. The van der Waals surface area contributed by atoms with Crippen LogP contribution < -0.4 is 11.1 Å². The third-order valence-electron chi connectivity index (χ3n) is 2.16. The number of hydrogen-bond donors (Lipinski definition) is 2. The standard InChI is InChI=1S/C11H12BrN3S/c1-7-2-3-8(16-7)4-15-11-9(12)5-14-6-10(11)13/h2-3,5-6H,4,13H2,1H3,(H,14,15). The number of rotatable bonds is 3. The Morgan fingerprint density at radius 2 is 2.25 bits per heavy atom. The van der Waals surface area contributed by atoms with Crippen LogP contribution in [0.2, 0.25) is 0 Å². The second-order valence-corrected chi connectivity index (χ2v) is 5.68. The Bertz CT molecular complexity index is 475. The number of thiophene rings is 1. The second kappa shape index (κ2) is 4.84. The van der Waals surface area contributed by atoms with E-state index in [0.29, 0.717) is 5.69 Å². The quantitative estimate of drug-likeness (QED) is 0.913. The van der Waals surface area contributed by atoms with Crippen LogP contribution >= 0.6 is 27.3 Å². The van der Waals surface area contributed by atoms with E-state index >= 15 is 0 Å². The first-order valence-electron chi connectivity index (χ1n) is 4.85. The fourth-order valence-electron chi connectivity index (χ4n) is 1.39. The summed E-state index contributed by atoms with van der Waals surface area (Å²) in [5.74, 6) is 0. The molecule has 2 aromatic rings. The molecule has 0 radical (unpaired) electrons. The summed E-state index contributed by atoms with van der Waals surface area (Å²) in [6.07, 6.45) is 3.38. The number of pyridine rings is 1. The molecule has 2 aromatic heterocycles. The number of anilines is 2. The van der Waals surface area contributed by atoms with Crippen molar-refractivity contribution in [3.63, 3.8) is 0 Å². The minimum atomic E-state index is 0.655.